The van der Waals surface area contributed by atoms with E-state index < -0.39 is 18.0 Å². The zero-order valence-corrected chi connectivity index (χ0v) is 12.8. The maximum absolute atomic E-state index is 13.0. The molecule has 0 unspecified atom stereocenters. The second kappa shape index (κ2) is 7.82. The van der Waals surface area contributed by atoms with Crippen molar-refractivity contribution in [3.63, 3.8) is 0 Å². The molecule has 0 aliphatic carbocycles. The number of halogens is 5. The summed E-state index contributed by atoms with van der Waals surface area (Å²) in [5.41, 5.74) is 6.49. The molecule has 0 aromatic heterocycles. The molecule has 134 valence electrons. The van der Waals surface area contributed by atoms with Crippen molar-refractivity contribution in [1.29, 1.82) is 0 Å². The lowest BCUT2D eigenvalue weighted by atomic mass is 10.1. The van der Waals surface area contributed by atoms with E-state index in [2.05, 4.69) is 15.0 Å². The number of guanidine groups is 1. The van der Waals surface area contributed by atoms with Gasteiger partial charge in [-0.25, -0.2) is 8.78 Å². The van der Waals surface area contributed by atoms with Crippen LogP contribution in [0.15, 0.2) is 47.5 Å². The van der Waals surface area contributed by atoms with Gasteiger partial charge >= 0.3 is 6.36 Å². The summed E-state index contributed by atoms with van der Waals surface area (Å²) >= 11 is 0. The summed E-state index contributed by atoms with van der Waals surface area (Å²) < 4.78 is 66.0. The first-order valence-corrected chi connectivity index (χ1v) is 7.09. The van der Waals surface area contributed by atoms with Gasteiger partial charge in [-0.05, 0) is 48.4 Å². The van der Waals surface area contributed by atoms with Crippen LogP contribution in [0.2, 0.25) is 0 Å². The average molecular weight is 359 g/mol. The van der Waals surface area contributed by atoms with Gasteiger partial charge in [-0.1, -0.05) is 0 Å². The lowest BCUT2D eigenvalue weighted by Gasteiger charge is -2.10. The predicted molar refractivity (Wildman–Crippen MR) is 83.3 cm³/mol. The van der Waals surface area contributed by atoms with E-state index >= 15 is 0 Å². The lowest BCUT2D eigenvalue weighted by molar-refractivity contribution is -0.274. The summed E-state index contributed by atoms with van der Waals surface area (Å²) in [6.45, 7) is 0.178. The van der Waals surface area contributed by atoms with Crippen molar-refractivity contribution in [3.05, 3.63) is 59.7 Å². The zero-order valence-electron chi connectivity index (χ0n) is 12.8. The van der Waals surface area contributed by atoms with Crippen molar-refractivity contribution in [2.24, 2.45) is 10.7 Å². The molecule has 0 radical (unpaired) electrons. The van der Waals surface area contributed by atoms with Gasteiger partial charge in [-0.2, -0.15) is 0 Å². The molecular formula is C16H14F5N3O. The van der Waals surface area contributed by atoms with Crippen LogP contribution in [0.4, 0.5) is 27.6 Å². The van der Waals surface area contributed by atoms with E-state index in [-0.39, 0.29) is 24.7 Å². The lowest BCUT2D eigenvalue weighted by Crippen LogP contribution is -2.23. The minimum absolute atomic E-state index is 0.0152. The van der Waals surface area contributed by atoms with Crippen LogP contribution in [0, 0.1) is 11.6 Å². The summed E-state index contributed by atoms with van der Waals surface area (Å²) in [6, 6.07) is 8.09. The number of nitrogens with one attached hydrogen (secondary N) is 1. The first kappa shape index (κ1) is 18.5. The Bertz CT molecular complexity index is 724. The molecule has 3 N–H and O–H groups in total. The molecule has 0 bridgehead atoms. The van der Waals surface area contributed by atoms with Crippen molar-refractivity contribution in [2.45, 2.75) is 12.8 Å². The molecule has 25 heavy (non-hydrogen) atoms. The molecule has 0 amide bonds. The van der Waals surface area contributed by atoms with Gasteiger partial charge in [0.05, 0.1) is 0 Å². The number of anilines is 1. The fourth-order valence-electron chi connectivity index (χ4n) is 1.99. The third kappa shape index (κ3) is 6.66. The average Bonchev–Trinajstić information content (AvgIpc) is 2.47. The summed E-state index contributed by atoms with van der Waals surface area (Å²) in [6.07, 6.45) is -4.48. The first-order valence-electron chi connectivity index (χ1n) is 7.09. The van der Waals surface area contributed by atoms with Crippen molar-refractivity contribution in [1.82, 2.24) is 0 Å². The fraction of sp³-hybridized carbons (Fsp3) is 0.188. The van der Waals surface area contributed by atoms with Gasteiger partial charge in [-0.15, -0.1) is 13.2 Å². The number of ether oxygens (including phenoxy) is 1. The van der Waals surface area contributed by atoms with Crippen LogP contribution in [0.5, 0.6) is 5.75 Å². The number of alkyl halides is 3. The number of nitrogens with two attached hydrogens (primary N) is 1. The van der Waals surface area contributed by atoms with E-state index in [0.717, 1.165) is 18.2 Å². The first-order chi connectivity index (χ1) is 11.7. The van der Waals surface area contributed by atoms with E-state index in [1.165, 1.54) is 24.3 Å². The quantitative estimate of drug-likeness (QED) is 0.485. The van der Waals surface area contributed by atoms with Crippen molar-refractivity contribution in [3.8, 4) is 5.75 Å². The van der Waals surface area contributed by atoms with Gasteiger partial charge in [0.2, 0.25) is 0 Å². The van der Waals surface area contributed by atoms with Crippen LogP contribution in [0.1, 0.15) is 5.56 Å². The molecule has 0 atom stereocenters. The molecule has 2 aromatic carbocycles. The van der Waals surface area contributed by atoms with Crippen LogP contribution in [0.25, 0.3) is 0 Å². The van der Waals surface area contributed by atoms with Crippen LogP contribution < -0.4 is 15.8 Å². The Morgan fingerprint density at radius 3 is 2.20 bits per heavy atom. The molecule has 0 aliphatic heterocycles. The van der Waals surface area contributed by atoms with Crippen LogP contribution >= 0.6 is 0 Å². The number of aliphatic imine (C=N–C) groups is 1. The number of nitrogens with zero attached hydrogens (tertiary/aromatic N) is 1. The molecule has 0 spiro atoms. The Morgan fingerprint density at radius 2 is 1.64 bits per heavy atom. The zero-order chi connectivity index (χ0) is 18.4. The molecule has 0 aliphatic rings. The van der Waals surface area contributed by atoms with E-state index in [0.29, 0.717) is 11.3 Å². The monoisotopic (exact) mass is 359 g/mol. The molecule has 9 heteroatoms. The van der Waals surface area contributed by atoms with Crippen molar-refractivity contribution in [2.75, 3.05) is 11.9 Å². The third-order valence-electron chi connectivity index (χ3n) is 2.97. The van der Waals surface area contributed by atoms with Gasteiger partial charge in [-0.3, -0.25) is 4.99 Å². The second-order valence-corrected chi connectivity index (χ2v) is 4.99. The molecular weight excluding hydrogens is 345 g/mol. The SMILES string of the molecule is NC(=NCCc1cc(F)cc(F)c1)Nc1ccc(OC(F)(F)F)cc1. The Hall–Kier alpha value is -2.84. The number of hydrogen-bond acceptors (Lipinski definition) is 2. The van der Waals surface area contributed by atoms with Gasteiger partial charge < -0.3 is 15.8 Å². The van der Waals surface area contributed by atoms with Gasteiger partial charge in [0.25, 0.3) is 0 Å². The summed E-state index contributed by atoms with van der Waals surface area (Å²) in [5, 5.41) is 2.68. The van der Waals surface area contributed by atoms with Crippen LogP contribution in [-0.4, -0.2) is 18.9 Å². The predicted octanol–water partition coefficient (Wildman–Crippen LogP) is 3.83. The molecule has 0 saturated heterocycles. The molecule has 0 saturated carbocycles. The summed E-state index contributed by atoms with van der Waals surface area (Å²) in [5.74, 6) is -1.69. The normalized spacial score (nSPS) is 12.1. The van der Waals surface area contributed by atoms with Crippen LogP contribution in [0.3, 0.4) is 0 Å². The fourth-order valence-corrected chi connectivity index (χ4v) is 1.99. The smallest absolute Gasteiger partial charge is 0.406 e. The topological polar surface area (TPSA) is 59.6 Å². The second-order valence-electron chi connectivity index (χ2n) is 4.99. The van der Waals surface area contributed by atoms with E-state index in [9.17, 15) is 22.0 Å². The highest BCUT2D eigenvalue weighted by molar-refractivity contribution is 5.92. The third-order valence-corrected chi connectivity index (χ3v) is 2.97. The van der Waals surface area contributed by atoms with Crippen molar-refractivity contribution < 1.29 is 26.7 Å². The number of benzene rings is 2. The molecule has 2 rings (SSSR count). The highest BCUT2D eigenvalue weighted by atomic mass is 19.4. The van der Waals surface area contributed by atoms with Gasteiger partial charge in [0.1, 0.15) is 17.4 Å². The molecule has 0 fully saturated rings. The maximum atomic E-state index is 13.0. The summed E-state index contributed by atoms with van der Waals surface area (Å²) in [7, 11) is 0. The minimum atomic E-state index is -4.76. The summed E-state index contributed by atoms with van der Waals surface area (Å²) in [4.78, 5) is 3.98. The van der Waals surface area contributed by atoms with Crippen LogP contribution in [-0.2, 0) is 6.42 Å². The highest BCUT2D eigenvalue weighted by Crippen LogP contribution is 2.23. The number of rotatable bonds is 5. The van der Waals surface area contributed by atoms with Gasteiger partial charge in [0.15, 0.2) is 5.96 Å². The highest BCUT2D eigenvalue weighted by Gasteiger charge is 2.30. The van der Waals surface area contributed by atoms with E-state index in [1.54, 1.807) is 0 Å². The Labute approximate surface area is 140 Å². The Balaban J connectivity index is 1.88. The molecule has 2 aromatic rings. The largest absolute Gasteiger partial charge is 0.573 e. The molecule has 4 nitrogen and oxygen atoms in total. The standard InChI is InChI=1S/C16H14F5N3O/c17-11-7-10(8-12(18)9-11)5-6-23-15(22)24-13-1-3-14(4-2-13)25-16(19,20)21/h1-4,7-9H,5-6H2,(H3,22,23,24). The van der Waals surface area contributed by atoms with Crippen molar-refractivity contribution >= 4 is 11.6 Å². The van der Waals surface area contributed by atoms with Gasteiger partial charge in [0, 0.05) is 18.3 Å². The maximum Gasteiger partial charge on any atom is 0.573 e. The Kier molecular flexibility index (Phi) is 5.79. The van der Waals surface area contributed by atoms with E-state index in [1.807, 2.05) is 0 Å². The number of hydrogen-bond donors (Lipinski definition) is 2. The van der Waals surface area contributed by atoms with E-state index in [4.69, 9.17) is 5.73 Å². The molecule has 0 heterocycles. The minimum Gasteiger partial charge on any atom is -0.406 e. The Morgan fingerprint density at radius 1 is 1.04 bits per heavy atom.